The maximum absolute atomic E-state index is 11.3. The van der Waals surface area contributed by atoms with Gasteiger partial charge < -0.3 is 0 Å². The SMILES string of the molecule is N#Cc1ccc(-c2nn(C3CCCCC3)cc2C=O)cc1. The Bertz CT molecular complexity index is 673. The maximum atomic E-state index is 11.3. The van der Waals surface area contributed by atoms with Gasteiger partial charge in [-0.1, -0.05) is 31.4 Å². The molecule has 2 aromatic rings. The van der Waals surface area contributed by atoms with Gasteiger partial charge in [0.2, 0.25) is 0 Å². The van der Waals surface area contributed by atoms with E-state index in [1.807, 2.05) is 23.0 Å². The van der Waals surface area contributed by atoms with E-state index in [2.05, 4.69) is 11.2 Å². The lowest BCUT2D eigenvalue weighted by molar-refractivity contribution is 0.112. The molecule has 0 spiro atoms. The van der Waals surface area contributed by atoms with Gasteiger partial charge in [0.1, 0.15) is 5.69 Å². The van der Waals surface area contributed by atoms with Crippen LogP contribution in [-0.2, 0) is 0 Å². The van der Waals surface area contributed by atoms with Crippen molar-refractivity contribution in [3.05, 3.63) is 41.6 Å². The molecule has 0 unspecified atom stereocenters. The lowest BCUT2D eigenvalue weighted by Crippen LogP contribution is -2.13. The molecule has 4 heteroatoms. The summed E-state index contributed by atoms with van der Waals surface area (Å²) in [6.45, 7) is 0. The van der Waals surface area contributed by atoms with E-state index in [9.17, 15) is 4.79 Å². The molecule has 106 valence electrons. The molecule has 0 radical (unpaired) electrons. The van der Waals surface area contributed by atoms with Crippen LogP contribution >= 0.6 is 0 Å². The molecule has 1 saturated carbocycles. The molecule has 0 N–H and O–H groups in total. The average molecular weight is 279 g/mol. The molecule has 1 aromatic carbocycles. The van der Waals surface area contributed by atoms with Crippen LogP contribution in [-0.4, -0.2) is 16.1 Å². The van der Waals surface area contributed by atoms with Crippen LogP contribution in [0.5, 0.6) is 0 Å². The minimum absolute atomic E-state index is 0.407. The zero-order valence-corrected chi connectivity index (χ0v) is 11.8. The van der Waals surface area contributed by atoms with E-state index < -0.39 is 0 Å². The lowest BCUT2D eigenvalue weighted by atomic mass is 9.96. The smallest absolute Gasteiger partial charge is 0.153 e. The topological polar surface area (TPSA) is 58.7 Å². The lowest BCUT2D eigenvalue weighted by Gasteiger charge is -2.21. The Hall–Kier alpha value is -2.41. The first-order valence-corrected chi connectivity index (χ1v) is 7.36. The van der Waals surface area contributed by atoms with Gasteiger partial charge in [0.25, 0.3) is 0 Å². The van der Waals surface area contributed by atoms with E-state index in [4.69, 9.17) is 5.26 Å². The molecule has 0 atom stereocenters. The van der Waals surface area contributed by atoms with E-state index >= 15 is 0 Å². The van der Waals surface area contributed by atoms with Crippen molar-refractivity contribution in [3.63, 3.8) is 0 Å². The van der Waals surface area contributed by atoms with Crippen LogP contribution in [0, 0.1) is 11.3 Å². The first kappa shape index (κ1) is 13.6. The first-order valence-electron chi connectivity index (χ1n) is 7.36. The molecule has 1 aliphatic rings. The van der Waals surface area contributed by atoms with Crippen molar-refractivity contribution in [1.82, 2.24) is 9.78 Å². The van der Waals surface area contributed by atoms with Gasteiger partial charge in [-0.25, -0.2) is 0 Å². The standard InChI is InChI=1S/C17H17N3O/c18-10-13-6-8-14(9-7-13)17-15(12-21)11-20(19-17)16-4-2-1-3-5-16/h6-9,11-12,16H,1-5H2. The zero-order chi connectivity index (χ0) is 14.7. The van der Waals surface area contributed by atoms with Crippen molar-refractivity contribution in [3.8, 4) is 17.3 Å². The Labute approximate surface area is 124 Å². The van der Waals surface area contributed by atoms with E-state index in [1.165, 1.54) is 19.3 Å². The van der Waals surface area contributed by atoms with Crippen molar-refractivity contribution in [1.29, 1.82) is 5.26 Å². The largest absolute Gasteiger partial charge is 0.298 e. The monoisotopic (exact) mass is 279 g/mol. The highest BCUT2D eigenvalue weighted by atomic mass is 16.1. The number of rotatable bonds is 3. The third-order valence-corrected chi connectivity index (χ3v) is 4.12. The van der Waals surface area contributed by atoms with Gasteiger partial charge in [-0.05, 0) is 25.0 Å². The van der Waals surface area contributed by atoms with Crippen molar-refractivity contribution in [2.75, 3.05) is 0 Å². The number of hydrogen-bond donors (Lipinski definition) is 0. The highest BCUT2D eigenvalue weighted by Crippen LogP contribution is 2.30. The van der Waals surface area contributed by atoms with Gasteiger partial charge in [0.15, 0.2) is 6.29 Å². The van der Waals surface area contributed by atoms with Crippen LogP contribution < -0.4 is 0 Å². The quantitative estimate of drug-likeness (QED) is 0.804. The Morgan fingerprint density at radius 3 is 2.52 bits per heavy atom. The molecular weight excluding hydrogens is 262 g/mol. The summed E-state index contributed by atoms with van der Waals surface area (Å²) in [7, 11) is 0. The molecule has 1 fully saturated rings. The molecule has 1 aliphatic carbocycles. The third kappa shape index (κ3) is 2.73. The van der Waals surface area contributed by atoms with Gasteiger partial charge in [-0.15, -0.1) is 0 Å². The second-order valence-electron chi connectivity index (χ2n) is 5.51. The van der Waals surface area contributed by atoms with Crippen LogP contribution in [0.4, 0.5) is 0 Å². The molecule has 1 heterocycles. The van der Waals surface area contributed by atoms with Crippen molar-refractivity contribution < 1.29 is 4.79 Å². The van der Waals surface area contributed by atoms with Gasteiger partial charge >= 0.3 is 0 Å². The number of nitriles is 1. The fourth-order valence-electron chi connectivity index (χ4n) is 2.95. The summed E-state index contributed by atoms with van der Waals surface area (Å²) in [5.41, 5.74) is 2.81. The Morgan fingerprint density at radius 2 is 1.90 bits per heavy atom. The highest BCUT2D eigenvalue weighted by molar-refractivity contribution is 5.85. The minimum Gasteiger partial charge on any atom is -0.298 e. The predicted molar refractivity (Wildman–Crippen MR) is 79.9 cm³/mol. The summed E-state index contributed by atoms with van der Waals surface area (Å²) in [6, 6.07) is 9.70. The predicted octanol–water partition coefficient (Wildman–Crippen LogP) is 3.74. The third-order valence-electron chi connectivity index (χ3n) is 4.12. The van der Waals surface area contributed by atoms with E-state index in [-0.39, 0.29) is 0 Å². The fraction of sp³-hybridized carbons (Fsp3) is 0.353. The summed E-state index contributed by atoms with van der Waals surface area (Å²) < 4.78 is 1.95. The van der Waals surface area contributed by atoms with Crippen LogP contribution in [0.3, 0.4) is 0 Å². The molecular formula is C17H17N3O. The summed E-state index contributed by atoms with van der Waals surface area (Å²) in [6.07, 6.45) is 8.73. The van der Waals surface area contributed by atoms with Crippen LogP contribution in [0.15, 0.2) is 30.5 Å². The molecule has 1 aromatic heterocycles. The maximum Gasteiger partial charge on any atom is 0.153 e. The number of aromatic nitrogens is 2. The molecule has 0 saturated heterocycles. The van der Waals surface area contributed by atoms with Gasteiger partial charge in [0.05, 0.1) is 23.2 Å². The van der Waals surface area contributed by atoms with E-state index in [0.29, 0.717) is 22.9 Å². The normalized spacial score (nSPS) is 15.6. The molecule has 21 heavy (non-hydrogen) atoms. The molecule has 0 aliphatic heterocycles. The van der Waals surface area contributed by atoms with Crippen molar-refractivity contribution in [2.24, 2.45) is 0 Å². The van der Waals surface area contributed by atoms with Crippen molar-refractivity contribution >= 4 is 6.29 Å². The Balaban J connectivity index is 1.95. The number of hydrogen-bond acceptors (Lipinski definition) is 3. The molecule has 3 rings (SSSR count). The summed E-state index contributed by atoms with van der Waals surface area (Å²) in [5, 5.41) is 13.5. The number of carbonyl (C=O) groups excluding carboxylic acids is 1. The average Bonchev–Trinajstić information content (AvgIpc) is 3.00. The molecule has 4 nitrogen and oxygen atoms in total. The minimum atomic E-state index is 0.407. The summed E-state index contributed by atoms with van der Waals surface area (Å²) in [5.74, 6) is 0. The van der Waals surface area contributed by atoms with Crippen LogP contribution in [0.2, 0.25) is 0 Å². The summed E-state index contributed by atoms with van der Waals surface area (Å²) >= 11 is 0. The second-order valence-corrected chi connectivity index (χ2v) is 5.51. The van der Waals surface area contributed by atoms with Crippen molar-refractivity contribution in [2.45, 2.75) is 38.1 Å². The second kappa shape index (κ2) is 5.92. The number of carbonyl (C=O) groups is 1. The number of benzene rings is 1. The first-order chi connectivity index (χ1) is 10.3. The Kier molecular flexibility index (Phi) is 3.83. The van der Waals surface area contributed by atoms with Crippen LogP contribution in [0.25, 0.3) is 11.3 Å². The van der Waals surface area contributed by atoms with Gasteiger partial charge in [0, 0.05) is 11.8 Å². The van der Waals surface area contributed by atoms with Gasteiger partial charge in [-0.2, -0.15) is 10.4 Å². The van der Waals surface area contributed by atoms with Crippen LogP contribution in [0.1, 0.15) is 54.1 Å². The van der Waals surface area contributed by atoms with E-state index in [1.54, 1.807) is 12.1 Å². The number of nitrogens with zero attached hydrogens (tertiary/aromatic N) is 3. The molecule has 0 amide bonds. The summed E-state index contributed by atoms with van der Waals surface area (Å²) in [4.78, 5) is 11.3. The Morgan fingerprint density at radius 1 is 1.19 bits per heavy atom. The number of aldehydes is 1. The highest BCUT2D eigenvalue weighted by Gasteiger charge is 2.19. The fourth-order valence-corrected chi connectivity index (χ4v) is 2.95. The molecule has 0 bridgehead atoms. The van der Waals surface area contributed by atoms with Gasteiger partial charge in [-0.3, -0.25) is 9.48 Å². The van der Waals surface area contributed by atoms with E-state index in [0.717, 1.165) is 24.7 Å². The zero-order valence-electron chi connectivity index (χ0n) is 11.8.